The predicted molar refractivity (Wildman–Crippen MR) is 63.7 cm³/mol. The molecule has 1 N–H and O–H groups in total. The van der Waals surface area contributed by atoms with Gasteiger partial charge in [-0.3, -0.25) is 0 Å². The summed E-state index contributed by atoms with van der Waals surface area (Å²) in [5, 5.41) is 2.40. The van der Waals surface area contributed by atoms with E-state index < -0.39 is 23.7 Å². The van der Waals surface area contributed by atoms with Gasteiger partial charge in [-0.1, -0.05) is 12.1 Å². The van der Waals surface area contributed by atoms with Crippen molar-refractivity contribution in [3.05, 3.63) is 41.2 Å². The van der Waals surface area contributed by atoms with Crippen LogP contribution in [0.15, 0.2) is 24.3 Å². The quantitative estimate of drug-likeness (QED) is 0.859. The number of anilines is 1. The van der Waals surface area contributed by atoms with Gasteiger partial charge in [0.2, 0.25) is 11.0 Å². The molecule has 114 valence electrons. The molecule has 10 heteroatoms. The lowest BCUT2D eigenvalue weighted by Crippen LogP contribution is -2.08. The van der Waals surface area contributed by atoms with Gasteiger partial charge in [0.25, 0.3) is 0 Å². The molecule has 0 radical (unpaired) electrons. The van der Waals surface area contributed by atoms with Gasteiger partial charge in [0, 0.05) is 18.1 Å². The summed E-state index contributed by atoms with van der Waals surface area (Å²) in [6.45, 7) is -0.0869. The second-order valence-electron chi connectivity index (χ2n) is 3.97. The van der Waals surface area contributed by atoms with E-state index in [0.29, 0.717) is 11.5 Å². The molecule has 0 saturated heterocycles. The first kappa shape index (κ1) is 15.5. The van der Waals surface area contributed by atoms with Crippen LogP contribution in [0.1, 0.15) is 17.0 Å². The summed E-state index contributed by atoms with van der Waals surface area (Å²) in [5.74, 6) is -1.28. The molecule has 0 aliphatic heterocycles. The van der Waals surface area contributed by atoms with Crippen LogP contribution in [0.25, 0.3) is 0 Å². The zero-order valence-corrected chi connectivity index (χ0v) is 10.9. The number of nitrogens with zero attached hydrogens (tertiary/aromatic N) is 2. The van der Waals surface area contributed by atoms with Gasteiger partial charge in [0.05, 0.1) is 5.56 Å². The lowest BCUT2D eigenvalue weighted by atomic mass is 10.1. The van der Waals surface area contributed by atoms with Crippen molar-refractivity contribution in [2.75, 3.05) is 5.32 Å². The minimum atomic E-state index is -4.65. The average Bonchev–Trinajstić information content (AvgIpc) is 2.84. The molecular formula is C11H7F6N3S. The normalized spacial score (nSPS) is 12.5. The Kier molecular flexibility index (Phi) is 4.08. The highest BCUT2D eigenvalue weighted by atomic mass is 32.1. The summed E-state index contributed by atoms with van der Waals surface area (Å²) in [6, 6.07) is 4.48. The highest BCUT2D eigenvalue weighted by molar-refractivity contribution is 7.09. The first-order chi connectivity index (χ1) is 9.66. The number of halogens is 6. The van der Waals surface area contributed by atoms with Crippen LogP contribution in [0.2, 0.25) is 0 Å². The van der Waals surface area contributed by atoms with Gasteiger partial charge in [-0.2, -0.15) is 35.7 Å². The van der Waals surface area contributed by atoms with Gasteiger partial charge in [-0.05, 0) is 17.7 Å². The Bertz CT molecular complexity index is 619. The molecule has 3 nitrogen and oxygen atoms in total. The van der Waals surface area contributed by atoms with E-state index in [1.54, 1.807) is 0 Å². The summed E-state index contributed by atoms with van der Waals surface area (Å²) < 4.78 is 77.5. The maximum Gasteiger partial charge on any atom is 0.452 e. The lowest BCUT2D eigenvalue weighted by molar-refractivity contribution is -0.144. The van der Waals surface area contributed by atoms with Crippen molar-refractivity contribution in [2.24, 2.45) is 0 Å². The van der Waals surface area contributed by atoms with Crippen molar-refractivity contribution < 1.29 is 26.3 Å². The van der Waals surface area contributed by atoms with Crippen molar-refractivity contribution in [1.82, 2.24) is 9.36 Å². The Hall–Kier alpha value is -1.84. The molecule has 21 heavy (non-hydrogen) atoms. The largest absolute Gasteiger partial charge is 0.452 e. The van der Waals surface area contributed by atoms with E-state index in [9.17, 15) is 26.3 Å². The third kappa shape index (κ3) is 4.06. The number of hydrogen-bond acceptors (Lipinski definition) is 4. The Morgan fingerprint density at radius 3 is 2.33 bits per heavy atom. The third-order valence-electron chi connectivity index (χ3n) is 2.38. The number of alkyl halides is 6. The smallest absolute Gasteiger partial charge is 0.356 e. The highest BCUT2D eigenvalue weighted by Gasteiger charge is 2.36. The topological polar surface area (TPSA) is 37.8 Å². The van der Waals surface area contributed by atoms with E-state index in [-0.39, 0.29) is 17.2 Å². The van der Waals surface area contributed by atoms with E-state index in [2.05, 4.69) is 14.7 Å². The fourth-order valence-electron chi connectivity index (χ4n) is 1.45. The van der Waals surface area contributed by atoms with E-state index >= 15 is 0 Å². The van der Waals surface area contributed by atoms with Gasteiger partial charge in [-0.15, -0.1) is 0 Å². The fourth-order valence-corrected chi connectivity index (χ4v) is 2.03. The van der Waals surface area contributed by atoms with Gasteiger partial charge in [0.15, 0.2) is 0 Å². The molecular weight excluding hydrogens is 320 g/mol. The molecule has 1 aromatic heterocycles. The first-order valence-corrected chi connectivity index (χ1v) is 6.24. The van der Waals surface area contributed by atoms with Gasteiger partial charge < -0.3 is 5.32 Å². The number of nitrogens with one attached hydrogen (secondary N) is 1. The van der Waals surface area contributed by atoms with Crippen LogP contribution in [0, 0.1) is 0 Å². The molecule has 0 atom stereocenters. The predicted octanol–water partition coefficient (Wildman–Crippen LogP) is 4.19. The fraction of sp³-hybridized carbons (Fsp3) is 0.273. The summed E-state index contributed by atoms with van der Waals surface area (Å²) in [6.07, 6.45) is -9.12. The molecule has 0 aliphatic rings. The third-order valence-corrected chi connectivity index (χ3v) is 3.05. The molecule has 0 amide bonds. The van der Waals surface area contributed by atoms with Crippen molar-refractivity contribution in [3.63, 3.8) is 0 Å². The maximum absolute atomic E-state index is 12.5. The zero-order chi connectivity index (χ0) is 15.7. The Balaban J connectivity index is 2.05. The van der Waals surface area contributed by atoms with Crippen LogP contribution in [0.5, 0.6) is 0 Å². The number of hydrogen-bond donors (Lipinski definition) is 1. The number of benzene rings is 1. The summed E-state index contributed by atoms with van der Waals surface area (Å²) in [4.78, 5) is 3.22. The summed E-state index contributed by atoms with van der Waals surface area (Å²) >= 11 is 0.491. The molecule has 1 aromatic carbocycles. The van der Waals surface area contributed by atoms with Gasteiger partial charge >= 0.3 is 12.4 Å². The van der Waals surface area contributed by atoms with Crippen LogP contribution in [-0.4, -0.2) is 9.36 Å². The van der Waals surface area contributed by atoms with Crippen LogP contribution in [0.3, 0.4) is 0 Å². The van der Waals surface area contributed by atoms with Crippen molar-refractivity contribution in [3.8, 4) is 0 Å². The van der Waals surface area contributed by atoms with Gasteiger partial charge in [0.1, 0.15) is 0 Å². The van der Waals surface area contributed by atoms with E-state index in [1.807, 2.05) is 0 Å². The Morgan fingerprint density at radius 1 is 1.05 bits per heavy atom. The van der Waals surface area contributed by atoms with E-state index in [0.717, 1.165) is 12.1 Å². The molecule has 2 aromatic rings. The molecule has 0 aliphatic carbocycles. The summed E-state index contributed by atoms with van der Waals surface area (Å²) in [5.41, 5.74) is -0.552. The van der Waals surface area contributed by atoms with Crippen molar-refractivity contribution in [2.45, 2.75) is 18.9 Å². The Labute approximate surface area is 118 Å². The second kappa shape index (κ2) is 5.51. The van der Waals surface area contributed by atoms with Gasteiger partial charge in [-0.25, -0.2) is 0 Å². The van der Waals surface area contributed by atoms with Crippen molar-refractivity contribution >= 4 is 16.7 Å². The minimum Gasteiger partial charge on any atom is -0.356 e. The van der Waals surface area contributed by atoms with E-state index in [1.165, 1.54) is 12.1 Å². The second-order valence-corrected chi connectivity index (χ2v) is 4.72. The first-order valence-electron chi connectivity index (χ1n) is 5.47. The van der Waals surface area contributed by atoms with Crippen LogP contribution in [-0.2, 0) is 18.9 Å². The molecule has 0 unspecified atom stereocenters. The minimum absolute atomic E-state index is 0.0869. The average molecular weight is 327 g/mol. The van der Waals surface area contributed by atoms with Crippen LogP contribution < -0.4 is 5.32 Å². The Morgan fingerprint density at radius 2 is 1.76 bits per heavy atom. The monoisotopic (exact) mass is 327 g/mol. The van der Waals surface area contributed by atoms with Crippen LogP contribution >= 0.6 is 11.5 Å². The van der Waals surface area contributed by atoms with Crippen LogP contribution in [0.4, 0.5) is 31.5 Å². The number of aromatic nitrogens is 2. The highest BCUT2D eigenvalue weighted by Crippen LogP contribution is 2.30. The van der Waals surface area contributed by atoms with E-state index in [4.69, 9.17) is 0 Å². The van der Waals surface area contributed by atoms with Crippen molar-refractivity contribution in [1.29, 1.82) is 0 Å². The standard InChI is InChI=1S/C11H7F6N3S/c12-10(13,14)7-3-1-2-6(4-7)5-18-9-19-8(20-21-9)11(15,16)17/h1-4H,5H2,(H,18,19,20). The summed E-state index contributed by atoms with van der Waals surface area (Å²) in [7, 11) is 0. The number of rotatable bonds is 3. The SMILES string of the molecule is FC(F)(F)c1cccc(CNc2nc(C(F)(F)F)ns2)c1. The molecule has 1 heterocycles. The maximum atomic E-state index is 12.5. The molecule has 0 spiro atoms. The molecule has 2 rings (SSSR count). The molecule has 0 saturated carbocycles. The molecule has 0 fully saturated rings. The molecule has 0 bridgehead atoms. The zero-order valence-electron chi connectivity index (χ0n) is 10.1. The lowest BCUT2D eigenvalue weighted by Gasteiger charge is -2.08.